The van der Waals surface area contributed by atoms with Crippen LogP contribution in [-0.4, -0.2) is 7.11 Å². The Kier molecular flexibility index (Phi) is 2.89. The molecule has 0 N–H and O–H groups in total. The Labute approximate surface area is 107 Å². The summed E-state index contributed by atoms with van der Waals surface area (Å²) in [6, 6.07) is 2.08. The van der Waals surface area contributed by atoms with Gasteiger partial charge in [0.1, 0.15) is 5.75 Å². The fraction of sp³-hybridized carbons (Fsp3) is 0.500. The largest absolute Gasteiger partial charge is 0.495 e. The van der Waals surface area contributed by atoms with Crippen molar-refractivity contribution >= 4 is 31.9 Å². The number of fused-ring (bicyclic) bond motifs is 1. The number of benzene rings is 1. The SMILES string of the molecule is COc1c(Br)cc(Br)c2c1C(C)(C)CC2. The van der Waals surface area contributed by atoms with Crippen molar-refractivity contribution in [3.63, 3.8) is 0 Å². The van der Waals surface area contributed by atoms with Gasteiger partial charge in [0.05, 0.1) is 11.6 Å². The number of methoxy groups -OCH3 is 1. The first-order chi connectivity index (χ1) is 6.97. The predicted octanol–water partition coefficient (Wildman–Crippen LogP) is 4.44. The van der Waals surface area contributed by atoms with E-state index in [9.17, 15) is 0 Å². The third kappa shape index (κ3) is 1.74. The summed E-state index contributed by atoms with van der Waals surface area (Å²) in [5.74, 6) is 0.996. The Hall–Kier alpha value is -0.0200. The number of hydrogen-bond acceptors (Lipinski definition) is 1. The summed E-state index contributed by atoms with van der Waals surface area (Å²) in [5.41, 5.74) is 2.97. The quantitative estimate of drug-likeness (QED) is 0.738. The molecule has 0 aromatic heterocycles. The lowest BCUT2D eigenvalue weighted by atomic mass is 9.86. The lowest BCUT2D eigenvalue weighted by molar-refractivity contribution is 0.392. The van der Waals surface area contributed by atoms with Gasteiger partial charge in [-0.25, -0.2) is 0 Å². The van der Waals surface area contributed by atoms with Gasteiger partial charge in [-0.3, -0.25) is 0 Å². The molecule has 0 bridgehead atoms. The van der Waals surface area contributed by atoms with Crippen molar-refractivity contribution in [1.29, 1.82) is 0 Å². The van der Waals surface area contributed by atoms with E-state index in [1.54, 1.807) is 7.11 Å². The molecule has 0 saturated carbocycles. The van der Waals surface area contributed by atoms with Crippen LogP contribution in [0.1, 0.15) is 31.4 Å². The lowest BCUT2D eigenvalue weighted by Gasteiger charge is -2.22. The molecule has 2 rings (SSSR count). The van der Waals surface area contributed by atoms with Crippen molar-refractivity contribution in [3.05, 3.63) is 26.1 Å². The molecule has 1 aliphatic rings. The number of ether oxygens (including phenoxy) is 1. The molecule has 1 aromatic carbocycles. The van der Waals surface area contributed by atoms with Crippen LogP contribution in [0.3, 0.4) is 0 Å². The van der Waals surface area contributed by atoms with Crippen LogP contribution < -0.4 is 4.74 Å². The predicted molar refractivity (Wildman–Crippen MR) is 69.7 cm³/mol. The third-order valence-corrected chi connectivity index (χ3v) is 4.46. The summed E-state index contributed by atoms with van der Waals surface area (Å²) in [6.45, 7) is 4.56. The number of hydrogen-bond donors (Lipinski definition) is 0. The molecule has 0 spiro atoms. The van der Waals surface area contributed by atoms with Gasteiger partial charge in [-0.05, 0) is 45.8 Å². The zero-order valence-electron chi connectivity index (χ0n) is 9.16. The van der Waals surface area contributed by atoms with Gasteiger partial charge in [0, 0.05) is 10.0 Å². The van der Waals surface area contributed by atoms with E-state index in [2.05, 4.69) is 51.8 Å². The average molecular weight is 334 g/mol. The standard InChI is InChI=1S/C12H14Br2O/c1-12(2)5-4-7-8(13)6-9(14)11(15-3)10(7)12/h6H,4-5H2,1-3H3. The highest BCUT2D eigenvalue weighted by molar-refractivity contribution is 9.11. The van der Waals surface area contributed by atoms with E-state index in [0.717, 1.165) is 16.6 Å². The minimum atomic E-state index is 0.215. The summed E-state index contributed by atoms with van der Waals surface area (Å²) in [5, 5.41) is 0. The van der Waals surface area contributed by atoms with Crippen molar-refractivity contribution in [2.24, 2.45) is 0 Å². The van der Waals surface area contributed by atoms with Crippen molar-refractivity contribution in [2.45, 2.75) is 32.1 Å². The van der Waals surface area contributed by atoms with E-state index in [-0.39, 0.29) is 5.41 Å². The zero-order valence-corrected chi connectivity index (χ0v) is 12.3. The second-order valence-corrected chi connectivity index (χ2v) is 6.32. The van der Waals surface area contributed by atoms with E-state index < -0.39 is 0 Å². The first-order valence-corrected chi connectivity index (χ1v) is 6.61. The van der Waals surface area contributed by atoms with Gasteiger partial charge < -0.3 is 4.74 Å². The maximum absolute atomic E-state index is 5.51. The van der Waals surface area contributed by atoms with Crippen molar-refractivity contribution < 1.29 is 4.74 Å². The molecule has 0 unspecified atom stereocenters. The smallest absolute Gasteiger partial charge is 0.137 e. The second kappa shape index (κ2) is 3.77. The normalized spacial score (nSPS) is 17.7. The summed E-state index contributed by atoms with van der Waals surface area (Å²) in [7, 11) is 1.74. The zero-order chi connectivity index (χ0) is 11.2. The Morgan fingerprint density at radius 3 is 2.53 bits per heavy atom. The molecule has 1 nitrogen and oxygen atoms in total. The van der Waals surface area contributed by atoms with Gasteiger partial charge in [0.2, 0.25) is 0 Å². The van der Waals surface area contributed by atoms with Gasteiger partial charge >= 0.3 is 0 Å². The highest BCUT2D eigenvalue weighted by atomic mass is 79.9. The number of rotatable bonds is 1. The Morgan fingerprint density at radius 2 is 1.93 bits per heavy atom. The maximum atomic E-state index is 5.51. The molecule has 0 atom stereocenters. The molecule has 0 fully saturated rings. The first kappa shape index (κ1) is 11.5. The van der Waals surface area contributed by atoms with Gasteiger partial charge in [0.15, 0.2) is 0 Å². The van der Waals surface area contributed by atoms with Crippen LogP contribution in [-0.2, 0) is 11.8 Å². The van der Waals surface area contributed by atoms with Crippen LogP contribution in [0.15, 0.2) is 15.0 Å². The molecule has 3 heteroatoms. The molecule has 1 aliphatic carbocycles. The lowest BCUT2D eigenvalue weighted by Crippen LogP contribution is -2.13. The van der Waals surface area contributed by atoms with Crippen LogP contribution in [0.5, 0.6) is 5.75 Å². The summed E-state index contributed by atoms with van der Waals surface area (Å²) in [4.78, 5) is 0. The third-order valence-electron chi connectivity index (χ3n) is 3.17. The Bertz CT molecular complexity index is 411. The summed E-state index contributed by atoms with van der Waals surface area (Å²) in [6.07, 6.45) is 2.32. The Morgan fingerprint density at radius 1 is 1.27 bits per heavy atom. The first-order valence-electron chi connectivity index (χ1n) is 5.02. The minimum absolute atomic E-state index is 0.215. The van der Waals surface area contributed by atoms with Crippen LogP contribution in [0.25, 0.3) is 0 Å². The van der Waals surface area contributed by atoms with Crippen LogP contribution in [0.4, 0.5) is 0 Å². The maximum Gasteiger partial charge on any atom is 0.137 e. The van der Waals surface area contributed by atoms with E-state index in [1.807, 2.05) is 0 Å². The molecule has 1 aromatic rings. The summed E-state index contributed by atoms with van der Waals surface area (Å²) < 4.78 is 7.73. The summed E-state index contributed by atoms with van der Waals surface area (Å²) >= 11 is 7.19. The van der Waals surface area contributed by atoms with Crippen molar-refractivity contribution in [3.8, 4) is 5.75 Å². The van der Waals surface area contributed by atoms with E-state index >= 15 is 0 Å². The van der Waals surface area contributed by atoms with Crippen LogP contribution >= 0.6 is 31.9 Å². The topological polar surface area (TPSA) is 9.23 Å². The molecule has 82 valence electrons. The van der Waals surface area contributed by atoms with Crippen molar-refractivity contribution in [2.75, 3.05) is 7.11 Å². The fourth-order valence-corrected chi connectivity index (χ4v) is 3.88. The number of halogens is 2. The van der Waals surface area contributed by atoms with Gasteiger partial charge in [-0.1, -0.05) is 29.8 Å². The average Bonchev–Trinajstić information content (AvgIpc) is 2.44. The van der Waals surface area contributed by atoms with Crippen LogP contribution in [0, 0.1) is 0 Å². The molecular weight excluding hydrogens is 320 g/mol. The highest BCUT2D eigenvalue weighted by Crippen LogP contribution is 2.49. The molecular formula is C12H14Br2O. The van der Waals surface area contributed by atoms with E-state index in [1.165, 1.54) is 22.0 Å². The fourth-order valence-electron chi connectivity index (χ4n) is 2.36. The highest BCUT2D eigenvalue weighted by Gasteiger charge is 2.35. The van der Waals surface area contributed by atoms with E-state index in [4.69, 9.17) is 4.74 Å². The second-order valence-electron chi connectivity index (χ2n) is 4.61. The molecule has 15 heavy (non-hydrogen) atoms. The van der Waals surface area contributed by atoms with Crippen molar-refractivity contribution in [1.82, 2.24) is 0 Å². The van der Waals surface area contributed by atoms with Crippen LogP contribution in [0.2, 0.25) is 0 Å². The molecule has 0 heterocycles. The molecule has 0 radical (unpaired) electrons. The molecule has 0 saturated heterocycles. The van der Waals surface area contributed by atoms with Gasteiger partial charge in [0.25, 0.3) is 0 Å². The molecule has 0 aliphatic heterocycles. The molecule has 0 amide bonds. The van der Waals surface area contributed by atoms with E-state index in [0.29, 0.717) is 0 Å². The Balaban J connectivity index is 2.74. The van der Waals surface area contributed by atoms with Gasteiger partial charge in [-0.2, -0.15) is 0 Å². The minimum Gasteiger partial charge on any atom is -0.495 e. The van der Waals surface area contributed by atoms with Gasteiger partial charge in [-0.15, -0.1) is 0 Å². The monoisotopic (exact) mass is 332 g/mol.